The van der Waals surface area contributed by atoms with Crippen LogP contribution in [0.2, 0.25) is 0 Å². The van der Waals surface area contributed by atoms with E-state index in [0.29, 0.717) is 25.7 Å². The SMILES string of the molecule is CCOC(=O)/C=C/c1cccc(C(C=N)C(N)=NC2CCOC2)c1. The first-order valence-corrected chi connectivity index (χ1v) is 8.00. The van der Waals surface area contributed by atoms with Gasteiger partial charge in [0.05, 0.1) is 25.2 Å². The van der Waals surface area contributed by atoms with Crippen LogP contribution in [0.1, 0.15) is 30.4 Å². The maximum Gasteiger partial charge on any atom is 0.330 e. The number of rotatable bonds is 7. The topological polar surface area (TPSA) is 97.8 Å². The molecule has 1 aromatic carbocycles. The molecule has 1 aliphatic rings. The molecule has 2 unspecified atom stereocenters. The Morgan fingerprint density at radius 3 is 3.08 bits per heavy atom. The normalized spacial score (nSPS) is 19.4. The van der Waals surface area contributed by atoms with Gasteiger partial charge in [-0.05, 0) is 30.5 Å². The van der Waals surface area contributed by atoms with Crippen molar-refractivity contribution >= 4 is 24.1 Å². The molecule has 6 heteroatoms. The summed E-state index contributed by atoms with van der Waals surface area (Å²) < 4.78 is 10.2. The van der Waals surface area contributed by atoms with Crippen LogP contribution in [0.5, 0.6) is 0 Å². The zero-order valence-corrected chi connectivity index (χ0v) is 13.8. The maximum absolute atomic E-state index is 11.4. The minimum absolute atomic E-state index is 0.0688. The predicted octanol–water partition coefficient (Wildman–Crippen LogP) is 2.14. The molecule has 1 aliphatic heterocycles. The Kier molecular flexibility index (Phi) is 6.69. The number of nitrogens with two attached hydrogens (primary N) is 1. The Balaban J connectivity index is 2.15. The molecule has 0 bridgehead atoms. The number of carbonyl (C=O) groups is 1. The highest BCUT2D eigenvalue weighted by Gasteiger charge is 2.19. The fourth-order valence-electron chi connectivity index (χ4n) is 2.48. The number of nitrogens with zero attached hydrogens (tertiary/aromatic N) is 1. The van der Waals surface area contributed by atoms with Crippen LogP contribution >= 0.6 is 0 Å². The zero-order chi connectivity index (χ0) is 17.4. The van der Waals surface area contributed by atoms with Crippen molar-refractivity contribution < 1.29 is 14.3 Å². The first-order valence-electron chi connectivity index (χ1n) is 8.00. The van der Waals surface area contributed by atoms with E-state index in [0.717, 1.165) is 17.5 Å². The van der Waals surface area contributed by atoms with Crippen LogP contribution in [-0.2, 0) is 14.3 Å². The zero-order valence-electron chi connectivity index (χ0n) is 13.8. The minimum Gasteiger partial charge on any atom is -0.463 e. The summed E-state index contributed by atoms with van der Waals surface area (Å²) in [5.74, 6) is -0.359. The molecule has 1 fully saturated rings. The summed E-state index contributed by atoms with van der Waals surface area (Å²) in [4.78, 5) is 15.9. The van der Waals surface area contributed by atoms with Crippen LogP contribution in [0.3, 0.4) is 0 Å². The lowest BCUT2D eigenvalue weighted by Crippen LogP contribution is -2.25. The van der Waals surface area contributed by atoms with E-state index in [-0.39, 0.29) is 17.9 Å². The van der Waals surface area contributed by atoms with Gasteiger partial charge < -0.3 is 20.6 Å². The van der Waals surface area contributed by atoms with Gasteiger partial charge >= 0.3 is 5.97 Å². The summed E-state index contributed by atoms with van der Waals surface area (Å²) in [5.41, 5.74) is 7.80. The van der Waals surface area contributed by atoms with Gasteiger partial charge in [0, 0.05) is 18.9 Å². The number of esters is 1. The van der Waals surface area contributed by atoms with Crippen LogP contribution in [-0.4, -0.2) is 43.9 Å². The van der Waals surface area contributed by atoms with E-state index in [2.05, 4.69) is 4.99 Å². The van der Waals surface area contributed by atoms with Gasteiger partial charge in [-0.2, -0.15) is 0 Å². The van der Waals surface area contributed by atoms with Crippen molar-refractivity contribution in [1.29, 1.82) is 5.41 Å². The highest BCUT2D eigenvalue weighted by Crippen LogP contribution is 2.18. The van der Waals surface area contributed by atoms with Crippen molar-refractivity contribution in [2.24, 2.45) is 10.7 Å². The average molecular weight is 329 g/mol. The van der Waals surface area contributed by atoms with Gasteiger partial charge in [0.2, 0.25) is 0 Å². The lowest BCUT2D eigenvalue weighted by atomic mass is 9.97. The molecule has 0 amide bonds. The molecular weight excluding hydrogens is 306 g/mol. The number of benzene rings is 1. The third kappa shape index (κ3) is 5.03. The number of hydrogen-bond donors (Lipinski definition) is 2. The molecule has 0 aromatic heterocycles. The Labute approximate surface area is 141 Å². The van der Waals surface area contributed by atoms with E-state index in [1.54, 1.807) is 13.0 Å². The Bertz CT molecular complexity index is 634. The first-order chi connectivity index (χ1) is 11.6. The van der Waals surface area contributed by atoms with E-state index in [1.807, 2.05) is 24.3 Å². The molecule has 2 atom stereocenters. The van der Waals surface area contributed by atoms with Crippen LogP contribution < -0.4 is 5.73 Å². The number of nitrogens with one attached hydrogen (secondary N) is 1. The molecule has 0 radical (unpaired) electrons. The van der Waals surface area contributed by atoms with E-state index in [9.17, 15) is 4.79 Å². The number of hydrogen-bond acceptors (Lipinski definition) is 5. The second kappa shape index (κ2) is 8.98. The van der Waals surface area contributed by atoms with Gasteiger partial charge in [0.15, 0.2) is 0 Å². The molecule has 0 saturated carbocycles. The summed E-state index contributed by atoms with van der Waals surface area (Å²) in [6, 6.07) is 7.59. The highest BCUT2D eigenvalue weighted by molar-refractivity contribution is 6.01. The fraction of sp³-hybridized carbons (Fsp3) is 0.389. The number of carbonyl (C=O) groups excluding carboxylic acids is 1. The molecule has 3 N–H and O–H groups in total. The van der Waals surface area contributed by atoms with Gasteiger partial charge in [-0.25, -0.2) is 4.79 Å². The summed E-state index contributed by atoms with van der Waals surface area (Å²) in [7, 11) is 0. The Morgan fingerprint density at radius 2 is 2.42 bits per heavy atom. The van der Waals surface area contributed by atoms with Gasteiger partial charge in [-0.15, -0.1) is 0 Å². The standard InChI is InChI=1S/C18H23N3O3/c1-2-24-17(22)7-6-13-4-3-5-14(10-13)16(11-19)18(20)21-15-8-9-23-12-15/h3-7,10-11,15-16,19H,2,8-9,12H2,1H3,(H2,20,21)/b7-6+,19-11?. The first kappa shape index (κ1) is 17.9. The van der Waals surface area contributed by atoms with Crippen LogP contribution in [0.4, 0.5) is 0 Å². The van der Waals surface area contributed by atoms with Gasteiger partial charge in [0.25, 0.3) is 0 Å². The minimum atomic E-state index is -0.387. The van der Waals surface area contributed by atoms with Crippen LogP contribution in [0.15, 0.2) is 35.3 Å². The van der Waals surface area contributed by atoms with Crippen molar-refractivity contribution in [2.45, 2.75) is 25.3 Å². The fourth-order valence-corrected chi connectivity index (χ4v) is 2.48. The highest BCUT2D eigenvalue weighted by atomic mass is 16.5. The lowest BCUT2D eigenvalue weighted by Gasteiger charge is -2.14. The third-order valence-corrected chi connectivity index (χ3v) is 3.69. The van der Waals surface area contributed by atoms with Crippen LogP contribution in [0.25, 0.3) is 6.08 Å². The monoisotopic (exact) mass is 329 g/mol. The molecule has 2 rings (SSSR count). The number of ether oxygens (including phenoxy) is 2. The number of aliphatic imine (C=N–C) groups is 1. The smallest absolute Gasteiger partial charge is 0.330 e. The summed E-state index contributed by atoms with van der Waals surface area (Å²) in [6.45, 7) is 3.38. The largest absolute Gasteiger partial charge is 0.463 e. The Morgan fingerprint density at radius 1 is 1.58 bits per heavy atom. The van der Waals surface area contributed by atoms with Crippen molar-refractivity contribution in [3.05, 3.63) is 41.5 Å². The van der Waals surface area contributed by atoms with E-state index in [4.69, 9.17) is 20.6 Å². The van der Waals surface area contributed by atoms with Crippen molar-refractivity contribution in [3.8, 4) is 0 Å². The molecule has 0 aliphatic carbocycles. The predicted molar refractivity (Wildman–Crippen MR) is 94.5 cm³/mol. The average Bonchev–Trinajstić information content (AvgIpc) is 3.07. The molecule has 1 heterocycles. The molecule has 24 heavy (non-hydrogen) atoms. The second-order valence-corrected chi connectivity index (χ2v) is 5.47. The Hall–Kier alpha value is -2.47. The van der Waals surface area contributed by atoms with Gasteiger partial charge in [0.1, 0.15) is 5.84 Å². The van der Waals surface area contributed by atoms with Crippen molar-refractivity contribution in [1.82, 2.24) is 0 Å². The van der Waals surface area contributed by atoms with E-state index >= 15 is 0 Å². The molecule has 1 aromatic rings. The quantitative estimate of drug-likeness (QED) is 0.346. The molecule has 128 valence electrons. The van der Waals surface area contributed by atoms with Gasteiger partial charge in [-0.3, -0.25) is 4.99 Å². The summed E-state index contributed by atoms with van der Waals surface area (Å²) >= 11 is 0. The van der Waals surface area contributed by atoms with E-state index < -0.39 is 0 Å². The maximum atomic E-state index is 11.4. The van der Waals surface area contributed by atoms with Crippen molar-refractivity contribution in [2.75, 3.05) is 19.8 Å². The molecule has 1 saturated heterocycles. The van der Waals surface area contributed by atoms with Gasteiger partial charge in [-0.1, -0.05) is 24.3 Å². The molecule has 0 spiro atoms. The summed E-state index contributed by atoms with van der Waals surface area (Å²) in [5, 5.41) is 7.69. The van der Waals surface area contributed by atoms with E-state index in [1.165, 1.54) is 12.3 Å². The summed E-state index contributed by atoms with van der Waals surface area (Å²) in [6.07, 6.45) is 5.20. The second-order valence-electron chi connectivity index (χ2n) is 5.47. The molecule has 6 nitrogen and oxygen atoms in total. The lowest BCUT2D eigenvalue weighted by molar-refractivity contribution is -0.137. The van der Waals surface area contributed by atoms with Crippen molar-refractivity contribution in [3.63, 3.8) is 0 Å². The molecular formula is C18H23N3O3. The number of amidine groups is 1. The third-order valence-electron chi connectivity index (χ3n) is 3.69. The van der Waals surface area contributed by atoms with Crippen LogP contribution in [0, 0.1) is 5.41 Å².